The number of carbonyl (C=O) groups excluding carboxylic acids is 4. The summed E-state index contributed by atoms with van der Waals surface area (Å²) in [6, 6.07) is 17.0. The van der Waals surface area contributed by atoms with Crippen molar-refractivity contribution < 1.29 is 24.0 Å². The Bertz CT molecular complexity index is 1210. The van der Waals surface area contributed by atoms with E-state index < -0.39 is 30.0 Å². The van der Waals surface area contributed by atoms with E-state index in [1.165, 1.54) is 9.96 Å². The Kier molecular flexibility index (Phi) is 10.9. The first kappa shape index (κ1) is 31.0. The van der Waals surface area contributed by atoms with Crippen LogP contribution in [0.15, 0.2) is 60.7 Å². The number of rotatable bonds is 12. The van der Waals surface area contributed by atoms with Gasteiger partial charge in [-0.1, -0.05) is 74.5 Å². The highest BCUT2D eigenvalue weighted by Gasteiger charge is 2.42. The van der Waals surface area contributed by atoms with Crippen molar-refractivity contribution in [1.29, 1.82) is 0 Å². The summed E-state index contributed by atoms with van der Waals surface area (Å²) in [4.78, 5) is 59.9. The van der Waals surface area contributed by atoms with E-state index in [-0.39, 0.29) is 30.3 Å². The van der Waals surface area contributed by atoms with Gasteiger partial charge in [-0.2, -0.15) is 5.06 Å². The van der Waals surface area contributed by atoms with Crippen LogP contribution in [0.25, 0.3) is 0 Å². The molecule has 2 aliphatic heterocycles. The lowest BCUT2D eigenvalue weighted by Gasteiger charge is -2.40. The predicted molar refractivity (Wildman–Crippen MR) is 159 cm³/mol. The number of nitrogens with two attached hydrogens (primary N) is 1. The Morgan fingerprint density at radius 3 is 2.21 bits per heavy atom. The van der Waals surface area contributed by atoms with Crippen molar-refractivity contribution in [3.63, 3.8) is 0 Å². The number of benzene rings is 2. The average Bonchev–Trinajstić information content (AvgIpc) is 3.42. The van der Waals surface area contributed by atoms with Crippen molar-refractivity contribution in [3.05, 3.63) is 71.8 Å². The van der Waals surface area contributed by atoms with E-state index in [1.54, 1.807) is 0 Å². The number of carbonyl (C=O) groups is 4. The molecule has 2 aromatic rings. The topological polar surface area (TPSA) is 134 Å². The molecule has 0 saturated carbocycles. The zero-order valence-corrected chi connectivity index (χ0v) is 24.5. The van der Waals surface area contributed by atoms with E-state index in [0.29, 0.717) is 51.6 Å². The molecule has 4 amide bonds. The molecule has 2 heterocycles. The molecule has 226 valence electrons. The first-order valence-electron chi connectivity index (χ1n) is 14.9. The predicted octanol–water partition coefficient (Wildman–Crippen LogP) is 2.95. The maximum Gasteiger partial charge on any atom is 0.354 e. The standard InChI is InChI=1S/C32H43N5O5/c1-22(2)29(36-19-9-18-34-32(36)41)30(39)37(42-31(40)27-16-17-28(38)35-27)26(21-24-12-7-4-8-13-24)15-14-25(33)20-23-10-5-3-6-11-23/h3-8,10-13,22,25-27,29H,9,14-21,33H2,1-2H3,(H,34,41)(H,35,38)/t25-,26-,27-,29-/m0/s1. The Morgan fingerprint density at radius 1 is 1.00 bits per heavy atom. The van der Waals surface area contributed by atoms with Gasteiger partial charge in [0.15, 0.2) is 0 Å². The largest absolute Gasteiger partial charge is 0.354 e. The minimum atomic E-state index is -0.840. The van der Waals surface area contributed by atoms with Gasteiger partial charge in [0.05, 0.1) is 6.04 Å². The van der Waals surface area contributed by atoms with Gasteiger partial charge in [-0.25, -0.2) is 9.59 Å². The van der Waals surface area contributed by atoms with Crippen LogP contribution in [0.2, 0.25) is 0 Å². The minimum absolute atomic E-state index is 0.179. The van der Waals surface area contributed by atoms with Crippen LogP contribution >= 0.6 is 0 Å². The SMILES string of the molecule is CC(C)[C@@H](C(=O)N(OC(=O)[C@@H]1CCC(=O)N1)[C@@H](CC[C@H](N)Cc1ccccc1)Cc1ccccc1)N1CCCNC1=O. The molecule has 42 heavy (non-hydrogen) atoms. The second-order valence-corrected chi connectivity index (χ2v) is 11.6. The van der Waals surface area contributed by atoms with Gasteiger partial charge < -0.3 is 26.1 Å². The van der Waals surface area contributed by atoms with Gasteiger partial charge >= 0.3 is 12.0 Å². The lowest BCUT2D eigenvalue weighted by Crippen LogP contribution is -2.60. The van der Waals surface area contributed by atoms with Gasteiger partial charge in [0.2, 0.25) is 5.91 Å². The maximum atomic E-state index is 14.4. The first-order chi connectivity index (χ1) is 20.2. The number of nitrogens with one attached hydrogen (secondary N) is 2. The summed E-state index contributed by atoms with van der Waals surface area (Å²) >= 11 is 0. The van der Waals surface area contributed by atoms with Crippen LogP contribution < -0.4 is 16.4 Å². The molecule has 0 bridgehead atoms. The number of urea groups is 1. The summed E-state index contributed by atoms with van der Waals surface area (Å²) in [6.07, 6.45) is 3.36. The molecular formula is C32H43N5O5. The summed E-state index contributed by atoms with van der Waals surface area (Å²) in [5.41, 5.74) is 8.66. The minimum Gasteiger partial charge on any atom is -0.343 e. The third-order valence-electron chi connectivity index (χ3n) is 7.88. The monoisotopic (exact) mass is 577 g/mol. The quantitative estimate of drug-likeness (QED) is 0.332. The number of amides is 4. The molecule has 0 aromatic heterocycles. The third-order valence-corrected chi connectivity index (χ3v) is 7.88. The van der Waals surface area contributed by atoms with Crippen molar-refractivity contribution >= 4 is 23.8 Å². The molecular weight excluding hydrogens is 534 g/mol. The van der Waals surface area contributed by atoms with E-state index in [1.807, 2.05) is 74.5 Å². The van der Waals surface area contributed by atoms with E-state index in [0.717, 1.165) is 11.1 Å². The van der Waals surface area contributed by atoms with Gasteiger partial charge in [0, 0.05) is 25.6 Å². The molecule has 0 radical (unpaired) electrons. The average molecular weight is 578 g/mol. The van der Waals surface area contributed by atoms with Crippen LogP contribution in [-0.2, 0) is 32.1 Å². The fourth-order valence-corrected chi connectivity index (χ4v) is 5.69. The smallest absolute Gasteiger partial charge is 0.343 e. The van der Waals surface area contributed by atoms with Crippen molar-refractivity contribution in [2.45, 2.75) is 83.0 Å². The Labute approximate surface area is 247 Å². The molecule has 10 heteroatoms. The summed E-state index contributed by atoms with van der Waals surface area (Å²) in [7, 11) is 0. The molecule has 2 aromatic carbocycles. The van der Waals surface area contributed by atoms with Crippen LogP contribution in [0.4, 0.5) is 4.79 Å². The lowest BCUT2D eigenvalue weighted by atomic mass is 9.94. The Hall–Kier alpha value is -3.92. The number of nitrogens with zero attached hydrogens (tertiary/aromatic N) is 2. The lowest BCUT2D eigenvalue weighted by molar-refractivity contribution is -0.213. The third kappa shape index (κ3) is 8.31. The van der Waals surface area contributed by atoms with Gasteiger partial charge in [-0.15, -0.1) is 0 Å². The van der Waals surface area contributed by atoms with E-state index in [9.17, 15) is 19.2 Å². The van der Waals surface area contributed by atoms with Gasteiger partial charge in [-0.05, 0) is 55.6 Å². The summed E-state index contributed by atoms with van der Waals surface area (Å²) in [5, 5.41) is 6.65. The van der Waals surface area contributed by atoms with Crippen LogP contribution in [0.5, 0.6) is 0 Å². The second-order valence-electron chi connectivity index (χ2n) is 11.6. The highest BCUT2D eigenvalue weighted by atomic mass is 16.7. The fraction of sp³-hybridized carbons (Fsp3) is 0.500. The van der Waals surface area contributed by atoms with Crippen molar-refractivity contribution in [2.24, 2.45) is 11.7 Å². The molecule has 2 fully saturated rings. The van der Waals surface area contributed by atoms with Gasteiger partial charge in [0.25, 0.3) is 5.91 Å². The van der Waals surface area contributed by atoms with Crippen molar-refractivity contribution in [3.8, 4) is 0 Å². The van der Waals surface area contributed by atoms with Crippen LogP contribution in [0.1, 0.15) is 57.1 Å². The summed E-state index contributed by atoms with van der Waals surface area (Å²) in [6.45, 7) is 4.73. The van der Waals surface area contributed by atoms with Gasteiger partial charge in [0.1, 0.15) is 12.1 Å². The molecule has 10 nitrogen and oxygen atoms in total. The number of hydrogen-bond donors (Lipinski definition) is 3. The fourth-order valence-electron chi connectivity index (χ4n) is 5.69. The van der Waals surface area contributed by atoms with E-state index in [2.05, 4.69) is 10.6 Å². The van der Waals surface area contributed by atoms with Crippen LogP contribution in [0, 0.1) is 5.92 Å². The molecule has 4 atom stereocenters. The highest BCUT2D eigenvalue weighted by molar-refractivity contribution is 5.90. The van der Waals surface area contributed by atoms with E-state index in [4.69, 9.17) is 10.6 Å². The second kappa shape index (κ2) is 14.8. The molecule has 0 unspecified atom stereocenters. The van der Waals surface area contributed by atoms with Gasteiger partial charge in [-0.3, -0.25) is 9.59 Å². The highest BCUT2D eigenvalue weighted by Crippen LogP contribution is 2.24. The molecule has 4 rings (SSSR count). The maximum absolute atomic E-state index is 14.4. The van der Waals surface area contributed by atoms with Crippen molar-refractivity contribution in [2.75, 3.05) is 13.1 Å². The molecule has 2 aliphatic rings. The first-order valence-corrected chi connectivity index (χ1v) is 14.9. The Balaban J connectivity index is 1.63. The zero-order chi connectivity index (χ0) is 30.1. The van der Waals surface area contributed by atoms with Crippen LogP contribution in [-0.4, -0.2) is 71.0 Å². The summed E-state index contributed by atoms with van der Waals surface area (Å²) in [5.74, 6) is -1.62. The molecule has 0 aliphatic carbocycles. The Morgan fingerprint density at radius 2 is 1.64 bits per heavy atom. The summed E-state index contributed by atoms with van der Waals surface area (Å²) < 4.78 is 0. The zero-order valence-electron chi connectivity index (χ0n) is 24.5. The van der Waals surface area contributed by atoms with E-state index >= 15 is 0 Å². The van der Waals surface area contributed by atoms with Crippen LogP contribution in [0.3, 0.4) is 0 Å². The normalized spacial score (nSPS) is 19.0. The molecule has 0 spiro atoms. The molecule has 2 saturated heterocycles. The number of hydroxylamine groups is 2. The van der Waals surface area contributed by atoms with Crippen molar-refractivity contribution in [1.82, 2.24) is 20.6 Å². The molecule has 4 N–H and O–H groups in total. The number of hydrogen-bond acceptors (Lipinski definition) is 6.